The number of aliphatic hydroxyl groups is 1. The summed E-state index contributed by atoms with van der Waals surface area (Å²) in [7, 11) is 0. The Hall–Kier alpha value is -1.08. The number of thiocarbonyl (C=S) groups is 1. The average Bonchev–Trinajstić information content (AvgIpc) is 2.65. The third-order valence-corrected chi connectivity index (χ3v) is 4.04. The highest BCUT2D eigenvalue weighted by atomic mass is 32.1. The monoisotopic (exact) mass is 311 g/mol. The summed E-state index contributed by atoms with van der Waals surface area (Å²) in [5.74, 6) is -0.262. The minimum atomic E-state index is -0.262. The van der Waals surface area contributed by atoms with E-state index in [9.17, 15) is 4.39 Å². The number of β-amino-alcohol motifs (C(OH)–C–C–N with tert-alkyl or cyclic N) is 1. The molecule has 1 fully saturated rings. The molecule has 0 atom stereocenters. The lowest BCUT2D eigenvalue weighted by molar-refractivity contribution is 0.196. The molecule has 4 nitrogen and oxygen atoms in total. The van der Waals surface area contributed by atoms with Gasteiger partial charge in [-0.15, -0.1) is 0 Å². The first kappa shape index (κ1) is 16.3. The molecule has 2 rings (SSSR count). The summed E-state index contributed by atoms with van der Waals surface area (Å²) in [6, 6.07) is 4.57. The molecule has 1 aliphatic heterocycles. The zero-order valence-corrected chi connectivity index (χ0v) is 12.9. The minimum absolute atomic E-state index is 0.190. The molecule has 116 valence electrons. The fraction of sp³-hybridized carbons (Fsp3) is 0.533. The highest BCUT2D eigenvalue weighted by Crippen LogP contribution is 2.15. The van der Waals surface area contributed by atoms with Gasteiger partial charge in [-0.1, -0.05) is 12.2 Å². The summed E-state index contributed by atoms with van der Waals surface area (Å²) in [4.78, 5) is 4.84. The van der Waals surface area contributed by atoms with Crippen LogP contribution in [-0.4, -0.2) is 59.2 Å². The Bertz CT molecular complexity index is 498. The summed E-state index contributed by atoms with van der Waals surface area (Å²) in [5, 5.41) is 9.01. The van der Waals surface area contributed by atoms with Crippen molar-refractivity contribution in [1.29, 1.82) is 0 Å². The van der Waals surface area contributed by atoms with E-state index in [0.717, 1.165) is 43.7 Å². The van der Waals surface area contributed by atoms with Crippen molar-refractivity contribution in [1.82, 2.24) is 9.80 Å². The van der Waals surface area contributed by atoms with Crippen LogP contribution in [0.3, 0.4) is 0 Å². The van der Waals surface area contributed by atoms with Gasteiger partial charge in [0.05, 0.1) is 6.61 Å². The van der Waals surface area contributed by atoms with E-state index in [2.05, 4.69) is 9.80 Å². The number of hydrogen-bond donors (Lipinski definition) is 2. The molecule has 0 spiro atoms. The van der Waals surface area contributed by atoms with Crippen molar-refractivity contribution >= 4 is 17.2 Å². The summed E-state index contributed by atoms with van der Waals surface area (Å²) in [6.45, 7) is 5.31. The minimum Gasteiger partial charge on any atom is -0.395 e. The summed E-state index contributed by atoms with van der Waals surface area (Å²) in [5.41, 5.74) is 7.31. The first-order valence-electron chi connectivity index (χ1n) is 7.24. The van der Waals surface area contributed by atoms with Crippen LogP contribution in [-0.2, 0) is 6.54 Å². The Balaban J connectivity index is 2.04. The molecule has 1 aromatic rings. The summed E-state index contributed by atoms with van der Waals surface area (Å²) < 4.78 is 13.5. The summed E-state index contributed by atoms with van der Waals surface area (Å²) in [6.07, 6.45) is 1.04. The maximum absolute atomic E-state index is 13.5. The van der Waals surface area contributed by atoms with Gasteiger partial charge in [0.25, 0.3) is 0 Å². The molecule has 6 heteroatoms. The number of benzene rings is 1. The first-order chi connectivity index (χ1) is 10.1. The molecule has 0 radical (unpaired) electrons. The molecule has 21 heavy (non-hydrogen) atoms. The first-order valence-corrected chi connectivity index (χ1v) is 7.65. The fourth-order valence-corrected chi connectivity index (χ4v) is 2.92. The van der Waals surface area contributed by atoms with E-state index >= 15 is 0 Å². The van der Waals surface area contributed by atoms with Crippen molar-refractivity contribution in [2.45, 2.75) is 13.0 Å². The Morgan fingerprint density at radius 2 is 1.95 bits per heavy atom. The van der Waals surface area contributed by atoms with Gasteiger partial charge in [0.1, 0.15) is 10.8 Å². The van der Waals surface area contributed by atoms with Gasteiger partial charge in [0.2, 0.25) is 0 Å². The Morgan fingerprint density at radius 1 is 1.24 bits per heavy atom. The van der Waals surface area contributed by atoms with Crippen LogP contribution in [0.15, 0.2) is 18.2 Å². The topological polar surface area (TPSA) is 52.7 Å². The second-order valence-corrected chi connectivity index (χ2v) is 5.80. The number of nitrogens with two attached hydrogens (primary N) is 1. The maximum Gasteiger partial charge on any atom is 0.123 e. The molecule has 3 N–H and O–H groups in total. The van der Waals surface area contributed by atoms with Crippen molar-refractivity contribution in [3.8, 4) is 0 Å². The molecule has 1 aromatic carbocycles. The van der Waals surface area contributed by atoms with Crippen LogP contribution in [0.1, 0.15) is 17.5 Å². The van der Waals surface area contributed by atoms with E-state index in [1.807, 2.05) is 0 Å². The Labute approximate surface area is 130 Å². The molecule has 1 aliphatic rings. The molecule has 0 unspecified atom stereocenters. The SMILES string of the molecule is NC(=S)c1ccc(F)cc1CN1CCCN(CCO)CC1. The number of hydrogen-bond acceptors (Lipinski definition) is 4. The largest absolute Gasteiger partial charge is 0.395 e. The van der Waals surface area contributed by atoms with E-state index in [-0.39, 0.29) is 12.4 Å². The third-order valence-electron chi connectivity index (χ3n) is 3.82. The van der Waals surface area contributed by atoms with Gasteiger partial charge in [-0.25, -0.2) is 4.39 Å². The van der Waals surface area contributed by atoms with Crippen molar-refractivity contribution in [2.24, 2.45) is 5.73 Å². The molecular formula is C15H22FN3OS. The molecule has 0 aliphatic carbocycles. The van der Waals surface area contributed by atoms with Crippen molar-refractivity contribution in [2.75, 3.05) is 39.3 Å². The van der Waals surface area contributed by atoms with E-state index in [1.54, 1.807) is 6.07 Å². The van der Waals surface area contributed by atoms with Crippen LogP contribution >= 0.6 is 12.2 Å². The van der Waals surface area contributed by atoms with E-state index < -0.39 is 0 Å². The van der Waals surface area contributed by atoms with Gasteiger partial charge in [-0.2, -0.15) is 0 Å². The van der Waals surface area contributed by atoms with E-state index in [0.29, 0.717) is 18.1 Å². The lowest BCUT2D eigenvalue weighted by Crippen LogP contribution is -2.32. The number of rotatable bonds is 5. The average molecular weight is 311 g/mol. The summed E-state index contributed by atoms with van der Waals surface area (Å²) >= 11 is 5.04. The van der Waals surface area contributed by atoms with Crippen molar-refractivity contribution in [3.63, 3.8) is 0 Å². The number of nitrogens with zero attached hydrogens (tertiary/aromatic N) is 2. The molecule has 0 amide bonds. The molecular weight excluding hydrogens is 289 g/mol. The van der Waals surface area contributed by atoms with Gasteiger partial charge in [0, 0.05) is 31.7 Å². The molecule has 1 heterocycles. The third kappa shape index (κ3) is 4.71. The predicted molar refractivity (Wildman–Crippen MR) is 85.7 cm³/mol. The van der Waals surface area contributed by atoms with Gasteiger partial charge in [-0.3, -0.25) is 9.80 Å². The van der Waals surface area contributed by atoms with Gasteiger partial charge < -0.3 is 10.8 Å². The van der Waals surface area contributed by atoms with Crippen LogP contribution in [0.5, 0.6) is 0 Å². The zero-order valence-electron chi connectivity index (χ0n) is 12.1. The van der Waals surface area contributed by atoms with Crippen LogP contribution in [0.2, 0.25) is 0 Å². The molecule has 1 saturated heterocycles. The van der Waals surface area contributed by atoms with E-state index in [4.69, 9.17) is 23.1 Å². The molecule has 0 saturated carbocycles. The maximum atomic E-state index is 13.5. The van der Waals surface area contributed by atoms with Crippen LogP contribution in [0, 0.1) is 5.82 Å². The molecule has 0 aromatic heterocycles. The van der Waals surface area contributed by atoms with Gasteiger partial charge in [-0.05, 0) is 43.3 Å². The highest BCUT2D eigenvalue weighted by Gasteiger charge is 2.16. The van der Waals surface area contributed by atoms with Gasteiger partial charge in [0.15, 0.2) is 0 Å². The quantitative estimate of drug-likeness (QED) is 0.793. The van der Waals surface area contributed by atoms with Crippen molar-refractivity contribution in [3.05, 3.63) is 35.1 Å². The predicted octanol–water partition coefficient (Wildman–Crippen LogP) is 0.960. The number of halogens is 1. The second kappa shape index (κ2) is 7.79. The highest BCUT2D eigenvalue weighted by molar-refractivity contribution is 7.80. The number of aliphatic hydroxyl groups excluding tert-OH is 1. The van der Waals surface area contributed by atoms with Crippen LogP contribution < -0.4 is 5.73 Å². The normalized spacial score (nSPS) is 17.6. The van der Waals surface area contributed by atoms with Gasteiger partial charge >= 0.3 is 0 Å². The second-order valence-electron chi connectivity index (χ2n) is 5.36. The van der Waals surface area contributed by atoms with Crippen LogP contribution in [0.4, 0.5) is 4.39 Å². The van der Waals surface area contributed by atoms with E-state index in [1.165, 1.54) is 12.1 Å². The Kier molecular flexibility index (Phi) is 6.05. The smallest absolute Gasteiger partial charge is 0.123 e. The van der Waals surface area contributed by atoms with Crippen LogP contribution in [0.25, 0.3) is 0 Å². The zero-order chi connectivity index (χ0) is 15.2. The molecule has 0 bridgehead atoms. The Morgan fingerprint density at radius 3 is 2.67 bits per heavy atom. The fourth-order valence-electron chi connectivity index (χ4n) is 2.72. The standard InChI is InChI=1S/C15H22FN3OS/c16-13-2-3-14(15(17)21)12(10-13)11-19-5-1-4-18(6-7-19)8-9-20/h2-3,10,20H,1,4-9,11H2,(H2,17,21). The lowest BCUT2D eigenvalue weighted by Gasteiger charge is -2.22. The van der Waals surface area contributed by atoms with Crippen molar-refractivity contribution < 1.29 is 9.50 Å². The lowest BCUT2D eigenvalue weighted by atomic mass is 10.1.